The lowest BCUT2D eigenvalue weighted by atomic mass is 9.95. The molecule has 146 valence electrons. The number of aliphatic hydroxyl groups excluding tert-OH is 1. The summed E-state index contributed by atoms with van der Waals surface area (Å²) in [6, 6.07) is 19.9. The third kappa shape index (κ3) is 5.15. The van der Waals surface area contributed by atoms with Crippen LogP contribution in [0.5, 0.6) is 0 Å². The van der Waals surface area contributed by atoms with Crippen molar-refractivity contribution in [2.24, 2.45) is 0 Å². The smallest absolute Gasteiger partial charge is 0.115 e. The molecule has 0 saturated carbocycles. The Labute approximate surface area is 160 Å². The quantitative estimate of drug-likeness (QED) is 0.772. The topological polar surface area (TPSA) is 57.2 Å². The Morgan fingerprint density at radius 2 is 1.33 bits per heavy atom. The van der Waals surface area contributed by atoms with E-state index in [4.69, 9.17) is 18.9 Å². The Morgan fingerprint density at radius 3 is 1.81 bits per heavy atom. The van der Waals surface area contributed by atoms with Crippen LogP contribution in [0, 0.1) is 0 Å². The predicted octanol–water partition coefficient (Wildman–Crippen LogP) is 2.95. The van der Waals surface area contributed by atoms with Crippen molar-refractivity contribution in [3.63, 3.8) is 0 Å². The van der Waals surface area contributed by atoms with Crippen molar-refractivity contribution in [3.8, 4) is 0 Å². The summed E-state index contributed by atoms with van der Waals surface area (Å²) in [7, 11) is 1.65. The van der Waals surface area contributed by atoms with Gasteiger partial charge in [-0.05, 0) is 18.1 Å². The molecule has 0 bridgehead atoms. The van der Waals surface area contributed by atoms with Crippen LogP contribution in [-0.2, 0) is 32.2 Å². The number of hydrogen-bond acceptors (Lipinski definition) is 5. The summed E-state index contributed by atoms with van der Waals surface area (Å²) in [5, 5.41) is 9.78. The summed E-state index contributed by atoms with van der Waals surface area (Å²) >= 11 is 0. The molecule has 1 N–H and O–H groups in total. The van der Waals surface area contributed by atoms with Crippen molar-refractivity contribution in [2.45, 2.75) is 50.7 Å². The molecule has 5 nitrogen and oxygen atoms in total. The molecular formula is C22H28O5. The average Bonchev–Trinajstić information content (AvgIpc) is 2.72. The van der Waals surface area contributed by atoms with E-state index in [1.807, 2.05) is 67.6 Å². The standard InChI is InChI=1S/C22H28O5/c1-16-20(25-14-17-9-5-3-6-10-17)22(24-2)21(19(13-23)27-16)26-15-18-11-7-4-8-12-18/h3-12,16,19-23H,13-15H2,1-2H3/t16-,19+,20-,21-,22+/m0/s1. The third-order valence-electron chi connectivity index (χ3n) is 4.89. The van der Waals surface area contributed by atoms with E-state index >= 15 is 0 Å². The summed E-state index contributed by atoms with van der Waals surface area (Å²) in [5.74, 6) is 0. The molecule has 1 saturated heterocycles. The fourth-order valence-electron chi connectivity index (χ4n) is 3.48. The zero-order valence-electron chi connectivity index (χ0n) is 15.9. The minimum absolute atomic E-state index is 0.130. The maximum Gasteiger partial charge on any atom is 0.115 e. The molecule has 0 amide bonds. The molecule has 5 heteroatoms. The van der Waals surface area contributed by atoms with Crippen molar-refractivity contribution in [1.29, 1.82) is 0 Å². The summed E-state index contributed by atoms with van der Waals surface area (Å²) in [4.78, 5) is 0. The molecule has 2 aromatic carbocycles. The van der Waals surface area contributed by atoms with Gasteiger partial charge in [0.05, 0.1) is 25.9 Å². The normalized spacial score (nSPS) is 28.2. The van der Waals surface area contributed by atoms with Gasteiger partial charge in [0.15, 0.2) is 0 Å². The van der Waals surface area contributed by atoms with Crippen LogP contribution in [0.25, 0.3) is 0 Å². The van der Waals surface area contributed by atoms with Gasteiger partial charge in [-0.25, -0.2) is 0 Å². The van der Waals surface area contributed by atoms with E-state index in [0.29, 0.717) is 13.2 Å². The first kappa shape index (κ1) is 20.0. The Kier molecular flexibility index (Phi) is 7.38. The van der Waals surface area contributed by atoms with Gasteiger partial charge in [-0.3, -0.25) is 0 Å². The van der Waals surface area contributed by atoms with Crippen molar-refractivity contribution in [2.75, 3.05) is 13.7 Å². The average molecular weight is 372 g/mol. The van der Waals surface area contributed by atoms with Crippen molar-refractivity contribution >= 4 is 0 Å². The van der Waals surface area contributed by atoms with Gasteiger partial charge in [-0.1, -0.05) is 60.7 Å². The van der Waals surface area contributed by atoms with E-state index < -0.39 is 12.2 Å². The summed E-state index contributed by atoms with van der Waals surface area (Å²) in [6.07, 6.45) is -1.72. The highest BCUT2D eigenvalue weighted by molar-refractivity contribution is 5.14. The Bertz CT molecular complexity index is 663. The molecule has 0 aromatic heterocycles. The first-order valence-corrected chi connectivity index (χ1v) is 9.33. The van der Waals surface area contributed by atoms with E-state index in [0.717, 1.165) is 11.1 Å². The van der Waals surface area contributed by atoms with Gasteiger partial charge >= 0.3 is 0 Å². The molecule has 5 atom stereocenters. The van der Waals surface area contributed by atoms with Crippen LogP contribution in [-0.4, -0.2) is 49.3 Å². The van der Waals surface area contributed by atoms with Gasteiger partial charge in [0.2, 0.25) is 0 Å². The molecule has 27 heavy (non-hydrogen) atoms. The number of aliphatic hydroxyl groups is 1. The Hall–Kier alpha value is -1.76. The molecule has 1 fully saturated rings. The lowest BCUT2D eigenvalue weighted by molar-refractivity contribution is -0.258. The van der Waals surface area contributed by atoms with Gasteiger partial charge in [0.25, 0.3) is 0 Å². The molecule has 0 radical (unpaired) electrons. The van der Waals surface area contributed by atoms with Crippen LogP contribution >= 0.6 is 0 Å². The zero-order chi connectivity index (χ0) is 19.1. The zero-order valence-corrected chi connectivity index (χ0v) is 15.9. The Morgan fingerprint density at radius 1 is 0.815 bits per heavy atom. The fourth-order valence-corrected chi connectivity index (χ4v) is 3.48. The second-order valence-electron chi connectivity index (χ2n) is 6.78. The molecule has 1 heterocycles. The van der Waals surface area contributed by atoms with Gasteiger partial charge in [-0.2, -0.15) is 0 Å². The number of benzene rings is 2. The van der Waals surface area contributed by atoms with E-state index in [2.05, 4.69) is 0 Å². The lowest BCUT2D eigenvalue weighted by Crippen LogP contribution is -2.60. The molecule has 0 unspecified atom stereocenters. The third-order valence-corrected chi connectivity index (χ3v) is 4.89. The minimum Gasteiger partial charge on any atom is -0.394 e. The number of hydrogen-bond donors (Lipinski definition) is 1. The van der Waals surface area contributed by atoms with E-state index in [-0.39, 0.29) is 24.9 Å². The largest absolute Gasteiger partial charge is 0.394 e. The summed E-state index contributed by atoms with van der Waals surface area (Å²) in [6.45, 7) is 2.70. The monoisotopic (exact) mass is 372 g/mol. The van der Waals surface area contributed by atoms with Crippen LogP contribution in [0.15, 0.2) is 60.7 Å². The highest BCUT2D eigenvalue weighted by atomic mass is 16.6. The molecule has 3 rings (SSSR count). The highest BCUT2D eigenvalue weighted by Crippen LogP contribution is 2.29. The second-order valence-corrected chi connectivity index (χ2v) is 6.78. The SMILES string of the molecule is CO[C@@H]1[C@@H](OCc2ccccc2)[C@H](C)O[C@H](CO)[C@@H]1OCc1ccccc1. The molecule has 0 aliphatic carbocycles. The molecular weight excluding hydrogens is 344 g/mol. The second kappa shape index (κ2) is 9.97. The minimum atomic E-state index is -0.453. The predicted molar refractivity (Wildman–Crippen MR) is 102 cm³/mol. The van der Waals surface area contributed by atoms with Crippen molar-refractivity contribution in [3.05, 3.63) is 71.8 Å². The maximum atomic E-state index is 9.78. The maximum absolute atomic E-state index is 9.78. The van der Waals surface area contributed by atoms with Gasteiger partial charge in [0.1, 0.15) is 24.4 Å². The first-order chi connectivity index (χ1) is 13.2. The van der Waals surface area contributed by atoms with Gasteiger partial charge in [0, 0.05) is 7.11 Å². The van der Waals surface area contributed by atoms with Crippen LogP contribution < -0.4 is 0 Å². The van der Waals surface area contributed by atoms with Crippen LogP contribution in [0.1, 0.15) is 18.1 Å². The molecule has 2 aromatic rings. The molecule has 1 aliphatic heterocycles. The van der Waals surface area contributed by atoms with Crippen LogP contribution in [0.3, 0.4) is 0 Å². The highest BCUT2D eigenvalue weighted by Gasteiger charge is 2.45. The summed E-state index contributed by atoms with van der Waals surface area (Å²) < 4.78 is 24.0. The number of methoxy groups -OCH3 is 1. The van der Waals surface area contributed by atoms with Gasteiger partial charge in [-0.15, -0.1) is 0 Å². The molecule has 1 aliphatic rings. The number of ether oxygens (including phenoxy) is 4. The number of rotatable bonds is 8. The van der Waals surface area contributed by atoms with E-state index in [9.17, 15) is 5.11 Å². The first-order valence-electron chi connectivity index (χ1n) is 9.33. The van der Waals surface area contributed by atoms with Crippen LogP contribution in [0.2, 0.25) is 0 Å². The fraction of sp³-hybridized carbons (Fsp3) is 0.455. The van der Waals surface area contributed by atoms with Gasteiger partial charge < -0.3 is 24.1 Å². The van der Waals surface area contributed by atoms with Crippen molar-refractivity contribution in [1.82, 2.24) is 0 Å². The van der Waals surface area contributed by atoms with Crippen LogP contribution in [0.4, 0.5) is 0 Å². The molecule has 0 spiro atoms. The Balaban J connectivity index is 1.69. The van der Waals surface area contributed by atoms with Crippen molar-refractivity contribution < 1.29 is 24.1 Å². The van der Waals surface area contributed by atoms with E-state index in [1.54, 1.807) is 7.11 Å². The lowest BCUT2D eigenvalue weighted by Gasteiger charge is -2.44. The van der Waals surface area contributed by atoms with E-state index in [1.165, 1.54) is 0 Å². The summed E-state index contributed by atoms with van der Waals surface area (Å²) in [5.41, 5.74) is 2.15.